The van der Waals surface area contributed by atoms with E-state index >= 15 is 0 Å². The number of rotatable bonds is 7. The van der Waals surface area contributed by atoms with Crippen molar-refractivity contribution in [2.24, 2.45) is 0 Å². The summed E-state index contributed by atoms with van der Waals surface area (Å²) >= 11 is 0. The Balaban J connectivity index is 2.28. The quantitative estimate of drug-likeness (QED) is 0.414. The van der Waals surface area contributed by atoms with Crippen LogP contribution >= 0.6 is 0 Å². The van der Waals surface area contributed by atoms with Crippen molar-refractivity contribution in [1.29, 1.82) is 0 Å². The van der Waals surface area contributed by atoms with Crippen molar-refractivity contribution in [3.05, 3.63) is 58.7 Å². The number of aromatic hydroxyl groups is 1. The highest BCUT2D eigenvalue weighted by Gasteiger charge is 2.31. The average Bonchev–Trinajstić information content (AvgIpc) is 2.61. The van der Waals surface area contributed by atoms with E-state index in [1.54, 1.807) is 0 Å². The smallest absolute Gasteiger partial charge is 0.507 e. The molecule has 0 spiro atoms. The molecule has 0 radical (unpaired) electrons. The second kappa shape index (κ2) is 8.77. The minimum atomic E-state index is -4.83. The summed E-state index contributed by atoms with van der Waals surface area (Å²) in [5, 5.41) is 10.0. The van der Waals surface area contributed by atoms with Crippen LogP contribution in [-0.4, -0.2) is 29.8 Å². The molecule has 0 unspecified atom stereocenters. The summed E-state index contributed by atoms with van der Waals surface area (Å²) in [7, 11) is 0. The lowest BCUT2D eigenvalue weighted by molar-refractivity contribution is -0.274. The molecule has 0 saturated heterocycles. The Bertz CT molecular complexity index is 857. The Kier molecular flexibility index (Phi) is 6.66. The monoisotopic (exact) mass is 396 g/mol. The maximum Gasteiger partial charge on any atom is 0.573 e. The van der Waals surface area contributed by atoms with Gasteiger partial charge in [-0.25, -0.2) is 4.79 Å². The maximum atomic E-state index is 12.7. The zero-order chi connectivity index (χ0) is 20.9. The lowest BCUT2D eigenvalue weighted by Gasteiger charge is -2.13. The standard InChI is InChI=1S/C20H19F3O5/c1-3-4-11-27-19(26)17-12(2)15(9-10-16(17)24)18(25)13-5-7-14(8-6-13)28-20(21,22)23/h5-10,24H,3-4,11H2,1-2H3. The summed E-state index contributed by atoms with van der Waals surface area (Å²) in [5.41, 5.74) is 0.347. The molecule has 0 aliphatic carbocycles. The Labute approximate surface area is 159 Å². The molecule has 0 aliphatic heterocycles. The molecule has 0 aromatic heterocycles. The fraction of sp³-hybridized carbons (Fsp3) is 0.300. The summed E-state index contributed by atoms with van der Waals surface area (Å²) in [6.45, 7) is 3.61. The summed E-state index contributed by atoms with van der Waals surface area (Å²) < 4.78 is 45.6. The summed E-state index contributed by atoms with van der Waals surface area (Å²) in [6, 6.07) is 6.98. The number of phenols is 1. The third-order valence-corrected chi connectivity index (χ3v) is 3.97. The van der Waals surface area contributed by atoms with E-state index in [-0.39, 0.29) is 34.6 Å². The van der Waals surface area contributed by atoms with E-state index < -0.39 is 23.9 Å². The number of halogens is 3. The van der Waals surface area contributed by atoms with Crippen LogP contribution in [0.15, 0.2) is 36.4 Å². The van der Waals surface area contributed by atoms with Crippen LogP contribution in [-0.2, 0) is 4.74 Å². The molecule has 150 valence electrons. The van der Waals surface area contributed by atoms with E-state index in [1.165, 1.54) is 31.2 Å². The molecule has 0 atom stereocenters. The van der Waals surface area contributed by atoms with E-state index in [0.717, 1.165) is 18.6 Å². The molecule has 0 fully saturated rings. The largest absolute Gasteiger partial charge is 0.573 e. The predicted molar refractivity (Wildman–Crippen MR) is 94.6 cm³/mol. The van der Waals surface area contributed by atoms with Gasteiger partial charge in [-0.05, 0) is 55.3 Å². The fourth-order valence-electron chi connectivity index (χ4n) is 2.55. The van der Waals surface area contributed by atoms with Crippen LogP contribution in [0.2, 0.25) is 0 Å². The van der Waals surface area contributed by atoms with Crippen LogP contribution in [0, 0.1) is 6.92 Å². The van der Waals surface area contributed by atoms with Crippen LogP contribution in [0.1, 0.15) is 51.6 Å². The van der Waals surface area contributed by atoms with Crippen molar-refractivity contribution in [2.45, 2.75) is 33.1 Å². The van der Waals surface area contributed by atoms with Gasteiger partial charge >= 0.3 is 12.3 Å². The highest BCUT2D eigenvalue weighted by molar-refractivity contribution is 6.11. The highest BCUT2D eigenvalue weighted by Crippen LogP contribution is 2.28. The average molecular weight is 396 g/mol. The molecule has 0 bridgehead atoms. The zero-order valence-corrected chi connectivity index (χ0v) is 15.3. The first-order valence-electron chi connectivity index (χ1n) is 8.54. The van der Waals surface area contributed by atoms with Crippen LogP contribution in [0.5, 0.6) is 11.5 Å². The first-order valence-corrected chi connectivity index (χ1v) is 8.54. The molecule has 0 amide bonds. The molecule has 1 N–H and O–H groups in total. The van der Waals surface area contributed by atoms with Crippen LogP contribution in [0.25, 0.3) is 0 Å². The molecule has 0 aliphatic rings. The number of hydrogen-bond acceptors (Lipinski definition) is 5. The molecule has 0 heterocycles. The van der Waals surface area contributed by atoms with E-state index in [2.05, 4.69) is 4.74 Å². The van der Waals surface area contributed by atoms with Gasteiger partial charge in [0.2, 0.25) is 0 Å². The third-order valence-electron chi connectivity index (χ3n) is 3.97. The fourth-order valence-corrected chi connectivity index (χ4v) is 2.55. The molecule has 5 nitrogen and oxygen atoms in total. The van der Waals surface area contributed by atoms with Gasteiger partial charge in [-0.2, -0.15) is 0 Å². The summed E-state index contributed by atoms with van der Waals surface area (Å²) in [6.07, 6.45) is -3.34. The maximum absolute atomic E-state index is 12.7. The third kappa shape index (κ3) is 5.25. The predicted octanol–water partition coefficient (Wildman–Crippen LogP) is 4.79. The van der Waals surface area contributed by atoms with E-state index in [4.69, 9.17) is 4.74 Å². The van der Waals surface area contributed by atoms with Gasteiger partial charge in [0.25, 0.3) is 0 Å². The molecular formula is C20H19F3O5. The molecule has 28 heavy (non-hydrogen) atoms. The van der Waals surface area contributed by atoms with Gasteiger partial charge in [0.05, 0.1) is 6.61 Å². The van der Waals surface area contributed by atoms with Gasteiger partial charge in [0, 0.05) is 11.1 Å². The number of alkyl halides is 3. The number of phenolic OH excluding ortho intramolecular Hbond substituents is 1. The number of carbonyl (C=O) groups is 2. The van der Waals surface area contributed by atoms with E-state index in [9.17, 15) is 27.9 Å². The van der Waals surface area contributed by atoms with Crippen molar-refractivity contribution in [3.63, 3.8) is 0 Å². The zero-order valence-electron chi connectivity index (χ0n) is 15.3. The summed E-state index contributed by atoms with van der Waals surface area (Å²) in [4.78, 5) is 24.9. The molecule has 2 aromatic carbocycles. The highest BCUT2D eigenvalue weighted by atomic mass is 19.4. The summed E-state index contributed by atoms with van der Waals surface area (Å²) in [5.74, 6) is -2.03. The minimum Gasteiger partial charge on any atom is -0.507 e. The Hall–Kier alpha value is -3.03. The topological polar surface area (TPSA) is 72.8 Å². The van der Waals surface area contributed by atoms with E-state index in [0.29, 0.717) is 6.42 Å². The number of ether oxygens (including phenoxy) is 2. The number of unbranched alkanes of at least 4 members (excludes halogenated alkanes) is 1. The Morgan fingerprint density at radius 3 is 2.29 bits per heavy atom. The van der Waals surface area contributed by atoms with Gasteiger partial charge in [-0.3, -0.25) is 4.79 Å². The van der Waals surface area contributed by atoms with Gasteiger partial charge in [-0.15, -0.1) is 13.2 Å². The van der Waals surface area contributed by atoms with E-state index in [1.807, 2.05) is 6.92 Å². The van der Waals surface area contributed by atoms with Gasteiger partial charge in [0.1, 0.15) is 17.1 Å². The number of ketones is 1. The lowest BCUT2D eigenvalue weighted by Crippen LogP contribution is -2.17. The second-order valence-corrected chi connectivity index (χ2v) is 6.02. The Morgan fingerprint density at radius 2 is 1.71 bits per heavy atom. The lowest BCUT2D eigenvalue weighted by atomic mass is 9.95. The van der Waals surface area contributed by atoms with Gasteiger partial charge in [0.15, 0.2) is 5.78 Å². The van der Waals surface area contributed by atoms with Crippen molar-refractivity contribution in [3.8, 4) is 11.5 Å². The Morgan fingerprint density at radius 1 is 1.07 bits per heavy atom. The van der Waals surface area contributed by atoms with Gasteiger partial charge in [-0.1, -0.05) is 13.3 Å². The van der Waals surface area contributed by atoms with Crippen LogP contribution < -0.4 is 4.74 Å². The molecule has 0 saturated carbocycles. The molecular weight excluding hydrogens is 377 g/mol. The van der Waals surface area contributed by atoms with Crippen LogP contribution in [0.3, 0.4) is 0 Å². The van der Waals surface area contributed by atoms with Crippen LogP contribution in [0.4, 0.5) is 13.2 Å². The van der Waals surface area contributed by atoms with Crippen molar-refractivity contribution in [1.82, 2.24) is 0 Å². The molecule has 2 aromatic rings. The molecule has 8 heteroatoms. The number of hydrogen-bond donors (Lipinski definition) is 1. The number of carbonyl (C=O) groups excluding carboxylic acids is 2. The molecule has 2 rings (SSSR count). The first kappa shape index (κ1) is 21.3. The minimum absolute atomic E-state index is 0.105. The second-order valence-electron chi connectivity index (χ2n) is 6.02. The SMILES string of the molecule is CCCCOC(=O)c1c(O)ccc(C(=O)c2ccc(OC(F)(F)F)cc2)c1C. The number of benzene rings is 2. The number of esters is 1. The van der Waals surface area contributed by atoms with Gasteiger partial charge < -0.3 is 14.6 Å². The normalized spacial score (nSPS) is 11.2. The first-order chi connectivity index (χ1) is 13.1. The van der Waals surface area contributed by atoms with Crippen molar-refractivity contribution >= 4 is 11.8 Å². The van der Waals surface area contributed by atoms with Crippen molar-refractivity contribution in [2.75, 3.05) is 6.61 Å². The van der Waals surface area contributed by atoms with Crippen molar-refractivity contribution < 1.29 is 37.3 Å².